The number of sulfonamides is 1. The van der Waals surface area contributed by atoms with Gasteiger partial charge < -0.3 is 10.0 Å². The van der Waals surface area contributed by atoms with Crippen molar-refractivity contribution < 1.29 is 18.3 Å². The molecule has 0 saturated carbocycles. The Bertz CT molecular complexity index is 1190. The molecule has 0 fully saturated rings. The molecule has 0 aromatic heterocycles. The summed E-state index contributed by atoms with van der Waals surface area (Å²) in [5.74, 6) is -1.12. The van der Waals surface area contributed by atoms with E-state index in [1.807, 2.05) is 49.1 Å². The molecule has 0 aliphatic rings. The van der Waals surface area contributed by atoms with Crippen molar-refractivity contribution in [3.8, 4) is 0 Å². The van der Waals surface area contributed by atoms with Gasteiger partial charge in [-0.25, -0.2) is 13.2 Å². The highest BCUT2D eigenvalue weighted by Gasteiger charge is 2.20. The molecular formula is C24H26N2O4S. The molecule has 0 radical (unpaired) electrons. The van der Waals surface area contributed by atoms with Crippen LogP contribution in [0.4, 0.5) is 11.4 Å². The molecule has 3 aromatic rings. The number of carboxylic acids is 1. The van der Waals surface area contributed by atoms with E-state index in [0.717, 1.165) is 11.1 Å². The maximum Gasteiger partial charge on any atom is 0.337 e. The lowest BCUT2D eigenvalue weighted by atomic mass is 10.1. The van der Waals surface area contributed by atoms with E-state index in [1.54, 1.807) is 37.3 Å². The normalized spacial score (nSPS) is 11.2. The molecule has 0 atom stereocenters. The number of anilines is 2. The molecule has 6 nitrogen and oxygen atoms in total. The zero-order valence-electron chi connectivity index (χ0n) is 17.8. The lowest BCUT2D eigenvalue weighted by molar-refractivity contribution is 0.0697. The summed E-state index contributed by atoms with van der Waals surface area (Å²) in [5, 5.41) is 9.79. The second kappa shape index (κ2) is 9.22. The van der Waals surface area contributed by atoms with Crippen molar-refractivity contribution in [3.63, 3.8) is 0 Å². The van der Waals surface area contributed by atoms with Gasteiger partial charge in [-0.05, 0) is 56.2 Å². The Balaban J connectivity index is 1.93. The zero-order chi connectivity index (χ0) is 22.6. The molecule has 2 N–H and O–H groups in total. The number of hydrogen-bond donors (Lipinski definition) is 2. The van der Waals surface area contributed by atoms with Gasteiger partial charge in [-0.2, -0.15) is 0 Å². The SMILES string of the molecule is CCN(Cc1ccccc1)c1ccc(NS(=O)(=O)c2ccc(C)cc2C)cc1C(=O)O. The van der Waals surface area contributed by atoms with Crippen LogP contribution in [-0.2, 0) is 16.6 Å². The van der Waals surface area contributed by atoms with Gasteiger partial charge in [-0.1, -0.05) is 48.0 Å². The number of carboxylic acid groups (broad SMARTS) is 1. The fourth-order valence-electron chi connectivity index (χ4n) is 3.53. The van der Waals surface area contributed by atoms with Crippen LogP contribution in [-0.4, -0.2) is 26.0 Å². The first kappa shape index (κ1) is 22.4. The summed E-state index contributed by atoms with van der Waals surface area (Å²) in [6.07, 6.45) is 0. The standard InChI is InChI=1S/C24H26N2O4S/c1-4-26(16-19-8-6-5-7-9-19)22-12-11-20(15-21(22)24(27)28)25-31(29,30)23-13-10-17(2)14-18(23)3/h5-15,25H,4,16H2,1-3H3,(H,27,28). The first-order chi connectivity index (χ1) is 14.7. The van der Waals surface area contributed by atoms with Crippen molar-refractivity contribution in [2.75, 3.05) is 16.2 Å². The highest BCUT2D eigenvalue weighted by atomic mass is 32.2. The van der Waals surface area contributed by atoms with Crippen LogP contribution in [0.3, 0.4) is 0 Å². The van der Waals surface area contributed by atoms with E-state index >= 15 is 0 Å². The average molecular weight is 439 g/mol. The summed E-state index contributed by atoms with van der Waals surface area (Å²) in [5.41, 5.74) is 3.43. The molecule has 0 heterocycles. The minimum Gasteiger partial charge on any atom is -0.478 e. The van der Waals surface area contributed by atoms with Crippen LogP contribution < -0.4 is 9.62 Å². The van der Waals surface area contributed by atoms with Gasteiger partial charge in [0.1, 0.15) is 0 Å². The molecular weight excluding hydrogens is 412 g/mol. The molecule has 0 aliphatic heterocycles. The van der Waals surface area contributed by atoms with Gasteiger partial charge in [0.15, 0.2) is 0 Å². The molecule has 31 heavy (non-hydrogen) atoms. The summed E-state index contributed by atoms with van der Waals surface area (Å²) < 4.78 is 28.2. The molecule has 7 heteroatoms. The third-order valence-electron chi connectivity index (χ3n) is 5.04. The smallest absolute Gasteiger partial charge is 0.337 e. The highest BCUT2D eigenvalue weighted by Crippen LogP contribution is 2.28. The molecule has 0 bridgehead atoms. The number of aromatic carboxylic acids is 1. The van der Waals surface area contributed by atoms with Gasteiger partial charge in [0, 0.05) is 18.8 Å². The topological polar surface area (TPSA) is 86.7 Å². The van der Waals surface area contributed by atoms with Crippen LogP contribution >= 0.6 is 0 Å². The molecule has 162 valence electrons. The summed E-state index contributed by atoms with van der Waals surface area (Å²) in [4.78, 5) is 14.1. The molecule has 0 amide bonds. The Morgan fingerprint density at radius 3 is 2.32 bits per heavy atom. The van der Waals surface area contributed by atoms with Gasteiger partial charge in [-0.3, -0.25) is 4.72 Å². The maximum atomic E-state index is 12.9. The van der Waals surface area contributed by atoms with E-state index < -0.39 is 16.0 Å². The summed E-state index contributed by atoms with van der Waals surface area (Å²) in [6, 6.07) is 19.5. The predicted octanol–water partition coefficient (Wildman–Crippen LogP) is 4.83. The van der Waals surface area contributed by atoms with Gasteiger partial charge >= 0.3 is 5.97 Å². The number of nitrogens with zero attached hydrogens (tertiary/aromatic N) is 1. The molecule has 0 saturated heterocycles. The van der Waals surface area contributed by atoms with Crippen molar-refractivity contribution in [3.05, 3.63) is 89.0 Å². The fourth-order valence-corrected chi connectivity index (χ4v) is 4.81. The quantitative estimate of drug-likeness (QED) is 0.526. The Morgan fingerprint density at radius 2 is 1.71 bits per heavy atom. The van der Waals surface area contributed by atoms with Gasteiger partial charge in [-0.15, -0.1) is 0 Å². The van der Waals surface area contributed by atoms with E-state index in [4.69, 9.17) is 0 Å². The van der Waals surface area contributed by atoms with Crippen LogP contribution in [0.25, 0.3) is 0 Å². The van der Waals surface area contributed by atoms with Gasteiger partial charge in [0.25, 0.3) is 10.0 Å². The van der Waals surface area contributed by atoms with Crippen LogP contribution in [0.5, 0.6) is 0 Å². The van der Waals surface area contributed by atoms with Gasteiger partial charge in [0.2, 0.25) is 0 Å². The number of aryl methyl sites for hydroxylation is 2. The number of hydrogen-bond acceptors (Lipinski definition) is 4. The molecule has 3 aromatic carbocycles. The van der Waals surface area contributed by atoms with Crippen LogP contribution in [0, 0.1) is 13.8 Å². The van der Waals surface area contributed by atoms with Crippen molar-refractivity contribution >= 4 is 27.4 Å². The molecule has 0 unspecified atom stereocenters. The highest BCUT2D eigenvalue weighted by molar-refractivity contribution is 7.92. The molecule has 0 aliphatic carbocycles. The van der Waals surface area contributed by atoms with E-state index in [9.17, 15) is 18.3 Å². The zero-order valence-corrected chi connectivity index (χ0v) is 18.6. The first-order valence-electron chi connectivity index (χ1n) is 9.97. The third-order valence-corrected chi connectivity index (χ3v) is 6.58. The van der Waals surface area contributed by atoms with E-state index in [2.05, 4.69) is 4.72 Å². The third kappa shape index (κ3) is 5.24. The molecule has 0 spiro atoms. The van der Waals surface area contributed by atoms with Crippen molar-refractivity contribution in [2.24, 2.45) is 0 Å². The van der Waals surface area contributed by atoms with Crippen LogP contribution in [0.1, 0.15) is 34.0 Å². The monoisotopic (exact) mass is 438 g/mol. The second-order valence-corrected chi connectivity index (χ2v) is 9.06. The number of rotatable bonds is 8. The number of nitrogens with one attached hydrogen (secondary N) is 1. The molecule has 3 rings (SSSR count). The summed E-state index contributed by atoms with van der Waals surface area (Å²) >= 11 is 0. The second-order valence-electron chi connectivity index (χ2n) is 7.41. The minimum absolute atomic E-state index is 0.0404. The first-order valence-corrected chi connectivity index (χ1v) is 11.5. The van der Waals surface area contributed by atoms with E-state index in [1.165, 1.54) is 6.07 Å². The lowest BCUT2D eigenvalue weighted by Gasteiger charge is -2.25. The Labute approximate surface area is 183 Å². The number of carbonyl (C=O) groups is 1. The van der Waals surface area contributed by atoms with Crippen LogP contribution in [0.2, 0.25) is 0 Å². The van der Waals surface area contributed by atoms with Crippen LogP contribution in [0.15, 0.2) is 71.6 Å². The van der Waals surface area contributed by atoms with E-state index in [0.29, 0.717) is 24.3 Å². The largest absolute Gasteiger partial charge is 0.478 e. The van der Waals surface area contributed by atoms with Crippen molar-refractivity contribution in [2.45, 2.75) is 32.2 Å². The van der Waals surface area contributed by atoms with Crippen molar-refractivity contribution in [1.82, 2.24) is 0 Å². The van der Waals surface area contributed by atoms with Crippen molar-refractivity contribution in [1.29, 1.82) is 0 Å². The Morgan fingerprint density at radius 1 is 1.00 bits per heavy atom. The minimum atomic E-state index is -3.85. The lowest BCUT2D eigenvalue weighted by Crippen LogP contribution is -2.24. The maximum absolute atomic E-state index is 12.9. The predicted molar refractivity (Wildman–Crippen MR) is 123 cm³/mol. The fraction of sp³-hybridized carbons (Fsp3) is 0.208. The Kier molecular flexibility index (Phi) is 6.65. The number of benzene rings is 3. The summed E-state index contributed by atoms with van der Waals surface area (Å²) in [6.45, 7) is 6.72. The Hall–Kier alpha value is -3.32. The summed E-state index contributed by atoms with van der Waals surface area (Å²) in [7, 11) is -3.85. The van der Waals surface area contributed by atoms with Gasteiger partial charge in [0.05, 0.1) is 16.1 Å². The van der Waals surface area contributed by atoms with E-state index in [-0.39, 0.29) is 16.1 Å². The average Bonchev–Trinajstić information content (AvgIpc) is 2.72.